The highest BCUT2D eigenvalue weighted by molar-refractivity contribution is 7.15. The molecule has 166 valence electrons. The Morgan fingerprint density at radius 1 is 1.28 bits per heavy atom. The number of aryl methyl sites for hydroxylation is 1. The zero-order valence-electron chi connectivity index (χ0n) is 17.5. The van der Waals surface area contributed by atoms with Crippen LogP contribution in [0, 0.1) is 5.82 Å². The minimum atomic E-state index is -0.494. The van der Waals surface area contributed by atoms with E-state index in [1.165, 1.54) is 6.07 Å². The van der Waals surface area contributed by atoms with Crippen LogP contribution in [0.15, 0.2) is 30.5 Å². The van der Waals surface area contributed by atoms with E-state index in [2.05, 4.69) is 25.8 Å². The van der Waals surface area contributed by atoms with E-state index in [0.29, 0.717) is 23.8 Å². The molecule has 2 amide bonds. The van der Waals surface area contributed by atoms with Gasteiger partial charge in [0.25, 0.3) is 0 Å². The first-order chi connectivity index (χ1) is 15.5. The highest BCUT2D eigenvalue weighted by Gasteiger charge is 2.41. The highest BCUT2D eigenvalue weighted by atomic mass is 32.1. The number of nitrogens with two attached hydrogens (primary N) is 1. The summed E-state index contributed by atoms with van der Waals surface area (Å²) in [5, 5.41) is 15.6. The van der Waals surface area contributed by atoms with Crippen LogP contribution < -0.4 is 16.4 Å². The first-order valence-corrected chi connectivity index (χ1v) is 11.6. The molecule has 1 saturated carbocycles. The Kier molecular flexibility index (Phi) is 5.46. The van der Waals surface area contributed by atoms with E-state index >= 15 is 0 Å². The summed E-state index contributed by atoms with van der Waals surface area (Å²) in [6.45, 7) is 0.564. The molecule has 2 aliphatic rings. The van der Waals surface area contributed by atoms with E-state index in [1.54, 1.807) is 23.6 Å². The molecule has 32 heavy (non-hydrogen) atoms. The smallest absolute Gasteiger partial charge is 0.312 e. The molecule has 1 atom stereocenters. The number of urea groups is 1. The number of aromatic nitrogens is 4. The van der Waals surface area contributed by atoms with Crippen molar-refractivity contribution in [2.45, 2.75) is 50.0 Å². The van der Waals surface area contributed by atoms with E-state index in [4.69, 9.17) is 10.7 Å². The van der Waals surface area contributed by atoms with Crippen LogP contribution in [0.5, 0.6) is 0 Å². The number of pyridine rings is 1. The molecule has 8 nitrogen and oxygen atoms in total. The SMILES string of the molecule is NC(=O)NC1CCc2nc(-c3ccc(NCC4(c5ncccc5F)CCC4)nn3)sc2C1. The molecule has 0 bridgehead atoms. The zero-order chi connectivity index (χ0) is 22.1. The van der Waals surface area contributed by atoms with E-state index < -0.39 is 6.03 Å². The van der Waals surface area contributed by atoms with Gasteiger partial charge in [-0.3, -0.25) is 4.98 Å². The van der Waals surface area contributed by atoms with Crippen LogP contribution in [0.25, 0.3) is 10.7 Å². The molecule has 0 spiro atoms. The lowest BCUT2D eigenvalue weighted by atomic mass is 9.66. The molecular weight excluding hydrogens is 429 g/mol. The summed E-state index contributed by atoms with van der Waals surface area (Å²) in [5.41, 5.74) is 7.25. The largest absolute Gasteiger partial charge is 0.368 e. The number of amides is 2. The third kappa shape index (κ3) is 4.02. The molecule has 2 aliphatic carbocycles. The number of primary amides is 1. The minimum absolute atomic E-state index is 0.0497. The van der Waals surface area contributed by atoms with Crippen molar-refractivity contribution >= 4 is 23.2 Å². The monoisotopic (exact) mass is 453 g/mol. The summed E-state index contributed by atoms with van der Waals surface area (Å²) in [6.07, 6.45) is 6.86. The molecule has 3 aromatic rings. The minimum Gasteiger partial charge on any atom is -0.368 e. The first kappa shape index (κ1) is 20.7. The molecule has 0 radical (unpaired) electrons. The Morgan fingerprint density at radius 3 is 2.84 bits per heavy atom. The molecule has 4 N–H and O–H groups in total. The maximum Gasteiger partial charge on any atom is 0.312 e. The lowest BCUT2D eigenvalue weighted by Crippen LogP contribution is -2.42. The van der Waals surface area contributed by atoms with E-state index in [9.17, 15) is 9.18 Å². The summed E-state index contributed by atoms with van der Waals surface area (Å²) in [7, 11) is 0. The van der Waals surface area contributed by atoms with Gasteiger partial charge in [-0.05, 0) is 49.9 Å². The van der Waals surface area contributed by atoms with Crippen molar-refractivity contribution in [3.63, 3.8) is 0 Å². The number of rotatable bonds is 6. The van der Waals surface area contributed by atoms with Gasteiger partial charge in [0.1, 0.15) is 22.3 Å². The predicted octanol–water partition coefficient (Wildman–Crippen LogP) is 3.19. The van der Waals surface area contributed by atoms with Gasteiger partial charge in [0.05, 0.1) is 11.4 Å². The number of hydrogen-bond acceptors (Lipinski definition) is 7. The molecule has 0 aromatic carbocycles. The van der Waals surface area contributed by atoms with Crippen LogP contribution >= 0.6 is 11.3 Å². The number of carbonyl (C=O) groups is 1. The molecule has 3 heterocycles. The lowest BCUT2D eigenvalue weighted by Gasteiger charge is -2.41. The van der Waals surface area contributed by atoms with Crippen molar-refractivity contribution < 1.29 is 9.18 Å². The van der Waals surface area contributed by atoms with Gasteiger partial charge >= 0.3 is 6.03 Å². The summed E-state index contributed by atoms with van der Waals surface area (Å²) < 4.78 is 14.3. The normalized spacial score (nSPS) is 19.0. The van der Waals surface area contributed by atoms with Crippen molar-refractivity contribution in [1.29, 1.82) is 0 Å². The zero-order valence-corrected chi connectivity index (χ0v) is 18.3. The van der Waals surface area contributed by atoms with E-state index in [-0.39, 0.29) is 17.3 Å². The Balaban J connectivity index is 1.26. The second-order valence-electron chi connectivity index (χ2n) is 8.46. The number of halogens is 1. The van der Waals surface area contributed by atoms with Gasteiger partial charge in [-0.25, -0.2) is 14.2 Å². The average Bonchev–Trinajstić information content (AvgIpc) is 3.17. The van der Waals surface area contributed by atoms with Crippen molar-refractivity contribution in [2.75, 3.05) is 11.9 Å². The molecule has 0 aliphatic heterocycles. The predicted molar refractivity (Wildman–Crippen MR) is 120 cm³/mol. The molecule has 3 aromatic heterocycles. The Morgan fingerprint density at radius 2 is 2.16 bits per heavy atom. The van der Waals surface area contributed by atoms with Crippen LogP contribution in [0.1, 0.15) is 41.9 Å². The van der Waals surface area contributed by atoms with Crippen molar-refractivity contribution in [1.82, 2.24) is 25.5 Å². The second kappa shape index (κ2) is 8.42. The number of nitrogens with zero attached hydrogens (tertiary/aromatic N) is 4. The van der Waals surface area contributed by atoms with E-state index in [0.717, 1.165) is 54.1 Å². The number of nitrogens with one attached hydrogen (secondary N) is 2. The number of hydrogen-bond donors (Lipinski definition) is 3. The van der Waals surface area contributed by atoms with Gasteiger partial charge in [-0.1, -0.05) is 6.42 Å². The van der Waals surface area contributed by atoms with Gasteiger partial charge in [-0.15, -0.1) is 21.5 Å². The first-order valence-electron chi connectivity index (χ1n) is 10.8. The van der Waals surface area contributed by atoms with Gasteiger partial charge < -0.3 is 16.4 Å². The van der Waals surface area contributed by atoms with Crippen LogP contribution in [0.3, 0.4) is 0 Å². The number of carbonyl (C=O) groups excluding carboxylic acids is 1. The van der Waals surface area contributed by atoms with Crippen molar-refractivity contribution in [3.8, 4) is 10.7 Å². The van der Waals surface area contributed by atoms with Gasteiger partial charge in [0, 0.05) is 35.5 Å². The highest BCUT2D eigenvalue weighted by Crippen LogP contribution is 2.43. The van der Waals surface area contributed by atoms with Crippen LogP contribution in [-0.4, -0.2) is 38.8 Å². The van der Waals surface area contributed by atoms with Crippen molar-refractivity contribution in [3.05, 3.63) is 52.5 Å². The Bertz CT molecular complexity index is 1130. The Labute approximate surface area is 188 Å². The average molecular weight is 454 g/mol. The van der Waals surface area contributed by atoms with Crippen LogP contribution in [0.4, 0.5) is 15.0 Å². The molecule has 1 unspecified atom stereocenters. The fourth-order valence-corrected chi connectivity index (χ4v) is 5.64. The third-order valence-corrected chi connectivity index (χ3v) is 7.49. The standard InChI is InChI=1S/C22H24FN7OS/c23-14-3-1-10-25-19(14)22(8-2-9-22)12-26-18-7-6-16(29-30-18)20-28-15-5-4-13(27-21(24)31)11-17(15)32-20/h1,3,6-7,10,13H,2,4-5,8-9,11-12H2,(H,26,30)(H3,24,27,31). The summed E-state index contributed by atoms with van der Waals surface area (Å²) in [6, 6.07) is 6.42. The number of anilines is 1. The molecule has 1 fully saturated rings. The summed E-state index contributed by atoms with van der Waals surface area (Å²) in [4.78, 5) is 21.3. The maximum absolute atomic E-state index is 14.3. The summed E-state index contributed by atoms with van der Waals surface area (Å²) >= 11 is 1.58. The van der Waals surface area contributed by atoms with E-state index in [1.807, 2.05) is 12.1 Å². The van der Waals surface area contributed by atoms with Gasteiger partial charge in [-0.2, -0.15) is 0 Å². The molecular formula is C22H24FN7OS. The molecule has 10 heteroatoms. The number of fused-ring (bicyclic) bond motifs is 1. The Hall–Kier alpha value is -3.14. The second-order valence-corrected chi connectivity index (χ2v) is 9.55. The number of thiazole rings is 1. The third-order valence-electron chi connectivity index (χ3n) is 6.35. The van der Waals surface area contributed by atoms with Crippen LogP contribution in [-0.2, 0) is 18.3 Å². The van der Waals surface area contributed by atoms with Gasteiger partial charge in [0.2, 0.25) is 0 Å². The summed E-state index contributed by atoms with van der Waals surface area (Å²) in [5.74, 6) is 0.389. The lowest BCUT2D eigenvalue weighted by molar-refractivity contribution is 0.243. The molecule has 5 rings (SSSR count). The van der Waals surface area contributed by atoms with Crippen molar-refractivity contribution in [2.24, 2.45) is 5.73 Å². The van der Waals surface area contributed by atoms with Gasteiger partial charge in [0.15, 0.2) is 0 Å². The van der Waals surface area contributed by atoms with Crippen LogP contribution in [0.2, 0.25) is 0 Å². The fraction of sp³-hybridized carbons (Fsp3) is 0.409. The molecule has 0 saturated heterocycles. The topological polar surface area (TPSA) is 119 Å². The maximum atomic E-state index is 14.3. The quantitative estimate of drug-likeness (QED) is 0.527. The fourth-order valence-electron chi connectivity index (χ4n) is 4.49.